The molecule has 0 spiro atoms. The maximum atomic E-state index is 12.3. The molecule has 0 saturated heterocycles. The molecule has 0 radical (unpaired) electrons. The van der Waals surface area contributed by atoms with E-state index < -0.39 is 6.10 Å². The van der Waals surface area contributed by atoms with Gasteiger partial charge in [0.25, 0.3) is 0 Å². The van der Waals surface area contributed by atoms with Crippen LogP contribution in [0.25, 0.3) is 0 Å². The predicted octanol–water partition coefficient (Wildman–Crippen LogP) is 16.8. The standard InChI is InChI=1S/C52H100O5/c1-3-5-7-9-11-13-15-17-19-21-23-24-25-26-27-29-30-32-34-36-38-40-42-44-46-51(54)56-49-50(48-53)57-52(55)47-45-43-41-39-37-35-33-31-28-22-20-18-16-14-12-10-8-6-4-2/h18,20,50,53H,3-17,19,21-49H2,1-2H3/b20-18-. The fraction of sp³-hybridized carbons (Fsp3) is 0.923. The van der Waals surface area contributed by atoms with Gasteiger partial charge in [-0.25, -0.2) is 0 Å². The van der Waals surface area contributed by atoms with Gasteiger partial charge >= 0.3 is 11.9 Å². The summed E-state index contributed by atoms with van der Waals surface area (Å²) in [5.41, 5.74) is 0. The molecular weight excluding hydrogens is 705 g/mol. The van der Waals surface area contributed by atoms with Crippen molar-refractivity contribution in [3.05, 3.63) is 12.2 Å². The van der Waals surface area contributed by atoms with Gasteiger partial charge in [0.05, 0.1) is 6.61 Å². The molecular formula is C52H100O5. The Morgan fingerprint density at radius 2 is 0.649 bits per heavy atom. The summed E-state index contributed by atoms with van der Waals surface area (Å²) in [6.07, 6.45) is 58.8. The number of esters is 2. The molecule has 57 heavy (non-hydrogen) atoms. The molecule has 0 aromatic carbocycles. The minimum Gasteiger partial charge on any atom is -0.462 e. The van der Waals surface area contributed by atoms with Crippen LogP contribution in [0, 0.1) is 0 Å². The van der Waals surface area contributed by atoms with Gasteiger partial charge in [0.2, 0.25) is 0 Å². The summed E-state index contributed by atoms with van der Waals surface area (Å²) >= 11 is 0. The number of aliphatic hydroxyl groups excluding tert-OH is 1. The van der Waals surface area contributed by atoms with Crippen LogP contribution in [-0.2, 0) is 19.1 Å². The normalized spacial score (nSPS) is 12.1. The highest BCUT2D eigenvalue weighted by Crippen LogP contribution is 2.17. The summed E-state index contributed by atoms with van der Waals surface area (Å²) in [7, 11) is 0. The number of hydrogen-bond donors (Lipinski definition) is 1. The van der Waals surface area contributed by atoms with Crippen molar-refractivity contribution in [3.63, 3.8) is 0 Å². The zero-order valence-corrected chi connectivity index (χ0v) is 38.6. The lowest BCUT2D eigenvalue weighted by molar-refractivity contribution is -0.161. The number of allylic oxidation sites excluding steroid dienone is 2. The van der Waals surface area contributed by atoms with E-state index >= 15 is 0 Å². The summed E-state index contributed by atoms with van der Waals surface area (Å²) < 4.78 is 10.7. The zero-order chi connectivity index (χ0) is 41.4. The monoisotopic (exact) mass is 805 g/mol. The van der Waals surface area contributed by atoms with Crippen LogP contribution < -0.4 is 0 Å². The fourth-order valence-electron chi connectivity index (χ4n) is 7.91. The summed E-state index contributed by atoms with van der Waals surface area (Å²) in [4.78, 5) is 24.4. The molecule has 0 aliphatic carbocycles. The smallest absolute Gasteiger partial charge is 0.306 e. The van der Waals surface area contributed by atoms with Crippen LogP contribution in [0.3, 0.4) is 0 Å². The molecule has 0 aromatic rings. The third-order valence-electron chi connectivity index (χ3n) is 11.8. The first kappa shape index (κ1) is 55.6. The largest absolute Gasteiger partial charge is 0.462 e. The molecule has 1 unspecified atom stereocenters. The van der Waals surface area contributed by atoms with E-state index in [1.54, 1.807) is 0 Å². The van der Waals surface area contributed by atoms with E-state index in [0.29, 0.717) is 12.8 Å². The Kier molecular flexibility index (Phi) is 47.8. The Morgan fingerprint density at radius 1 is 0.386 bits per heavy atom. The summed E-state index contributed by atoms with van der Waals surface area (Å²) in [6, 6.07) is 0. The number of unbranched alkanes of at least 4 members (excludes halogenated alkanes) is 38. The number of ether oxygens (including phenoxy) is 2. The van der Waals surface area contributed by atoms with Crippen LogP contribution in [0.5, 0.6) is 0 Å². The molecule has 0 fully saturated rings. The van der Waals surface area contributed by atoms with E-state index in [4.69, 9.17) is 9.47 Å². The van der Waals surface area contributed by atoms with Gasteiger partial charge in [-0.05, 0) is 38.5 Å². The Hall–Kier alpha value is -1.36. The zero-order valence-electron chi connectivity index (χ0n) is 38.6. The molecule has 1 atom stereocenters. The van der Waals surface area contributed by atoms with Crippen molar-refractivity contribution < 1.29 is 24.2 Å². The summed E-state index contributed by atoms with van der Waals surface area (Å²) in [6.45, 7) is 4.18. The number of hydrogen-bond acceptors (Lipinski definition) is 5. The van der Waals surface area contributed by atoms with Crippen LogP contribution >= 0.6 is 0 Å². The van der Waals surface area contributed by atoms with Crippen molar-refractivity contribution in [2.75, 3.05) is 13.2 Å². The van der Waals surface area contributed by atoms with Crippen LogP contribution in [0.1, 0.15) is 290 Å². The van der Waals surface area contributed by atoms with Crippen molar-refractivity contribution >= 4 is 11.9 Å². The van der Waals surface area contributed by atoms with E-state index in [0.717, 1.165) is 32.1 Å². The third-order valence-corrected chi connectivity index (χ3v) is 11.8. The van der Waals surface area contributed by atoms with Crippen molar-refractivity contribution in [3.8, 4) is 0 Å². The summed E-state index contributed by atoms with van der Waals surface area (Å²) in [5.74, 6) is -0.574. The second kappa shape index (κ2) is 49.0. The number of aliphatic hydroxyl groups is 1. The maximum Gasteiger partial charge on any atom is 0.306 e. The first-order valence-corrected chi connectivity index (χ1v) is 25.7. The second-order valence-electron chi connectivity index (χ2n) is 17.6. The fourth-order valence-corrected chi connectivity index (χ4v) is 7.91. The van der Waals surface area contributed by atoms with Gasteiger partial charge < -0.3 is 14.6 Å². The lowest BCUT2D eigenvalue weighted by Crippen LogP contribution is -2.28. The predicted molar refractivity (Wildman–Crippen MR) is 247 cm³/mol. The molecule has 0 heterocycles. The molecule has 0 aromatic heterocycles. The molecule has 0 rings (SSSR count). The highest BCUT2D eigenvalue weighted by Gasteiger charge is 2.16. The van der Waals surface area contributed by atoms with Crippen LogP contribution in [0.4, 0.5) is 0 Å². The molecule has 0 amide bonds. The van der Waals surface area contributed by atoms with E-state index in [9.17, 15) is 14.7 Å². The van der Waals surface area contributed by atoms with Gasteiger partial charge in [-0.15, -0.1) is 0 Å². The number of carbonyl (C=O) groups is 2. The molecule has 5 heteroatoms. The highest BCUT2D eigenvalue weighted by molar-refractivity contribution is 5.70. The highest BCUT2D eigenvalue weighted by atomic mass is 16.6. The van der Waals surface area contributed by atoms with Gasteiger partial charge in [0.15, 0.2) is 6.10 Å². The molecule has 5 nitrogen and oxygen atoms in total. The maximum absolute atomic E-state index is 12.3. The molecule has 0 aliphatic rings. The van der Waals surface area contributed by atoms with Gasteiger partial charge in [-0.1, -0.05) is 251 Å². The van der Waals surface area contributed by atoms with Crippen molar-refractivity contribution in [1.82, 2.24) is 0 Å². The van der Waals surface area contributed by atoms with Crippen molar-refractivity contribution in [2.24, 2.45) is 0 Å². The molecule has 0 saturated carbocycles. The third kappa shape index (κ3) is 47.2. The van der Waals surface area contributed by atoms with E-state index in [1.165, 1.54) is 231 Å². The Balaban J connectivity index is 3.43. The van der Waals surface area contributed by atoms with E-state index in [1.807, 2.05) is 0 Å². The summed E-state index contributed by atoms with van der Waals surface area (Å²) in [5, 5.41) is 9.62. The quantitative estimate of drug-likeness (QED) is 0.0377. The molecule has 1 N–H and O–H groups in total. The van der Waals surface area contributed by atoms with E-state index in [-0.39, 0.29) is 25.2 Å². The number of carbonyl (C=O) groups excluding carboxylic acids is 2. The first-order chi connectivity index (χ1) is 28.1. The number of rotatable bonds is 48. The Labute approximate surface area is 356 Å². The van der Waals surface area contributed by atoms with Gasteiger partial charge in [-0.2, -0.15) is 0 Å². The topological polar surface area (TPSA) is 72.8 Å². The van der Waals surface area contributed by atoms with Gasteiger partial charge in [-0.3, -0.25) is 9.59 Å². The lowest BCUT2D eigenvalue weighted by Gasteiger charge is -2.15. The van der Waals surface area contributed by atoms with Gasteiger partial charge in [0, 0.05) is 12.8 Å². The molecule has 0 bridgehead atoms. The van der Waals surface area contributed by atoms with E-state index in [2.05, 4.69) is 26.0 Å². The first-order valence-electron chi connectivity index (χ1n) is 25.7. The molecule has 338 valence electrons. The van der Waals surface area contributed by atoms with Crippen LogP contribution in [0.15, 0.2) is 12.2 Å². The van der Waals surface area contributed by atoms with Crippen LogP contribution in [-0.4, -0.2) is 36.4 Å². The van der Waals surface area contributed by atoms with Gasteiger partial charge in [0.1, 0.15) is 6.61 Å². The minimum absolute atomic E-state index is 0.0596. The second-order valence-corrected chi connectivity index (χ2v) is 17.6. The Bertz CT molecular complexity index is 825. The lowest BCUT2D eigenvalue weighted by atomic mass is 10.0. The average Bonchev–Trinajstić information content (AvgIpc) is 3.21. The van der Waals surface area contributed by atoms with Crippen molar-refractivity contribution in [2.45, 2.75) is 296 Å². The van der Waals surface area contributed by atoms with Crippen molar-refractivity contribution in [1.29, 1.82) is 0 Å². The average molecular weight is 805 g/mol. The minimum atomic E-state index is -0.767. The Morgan fingerprint density at radius 3 is 0.947 bits per heavy atom. The SMILES string of the molecule is CCCCCCCC/C=C\CCCCCCCCCCCC(=O)OC(CO)COC(=O)CCCCCCCCCCCCCCCCCCCCCCCCCC. The molecule has 0 aliphatic heterocycles. The van der Waals surface area contributed by atoms with Crippen LogP contribution in [0.2, 0.25) is 0 Å².